The third-order valence-electron chi connectivity index (χ3n) is 3.04. The Morgan fingerprint density at radius 3 is 2.75 bits per heavy atom. The van der Waals surface area contributed by atoms with Crippen molar-refractivity contribution in [3.05, 3.63) is 41.6 Å². The van der Waals surface area contributed by atoms with E-state index in [-0.39, 0.29) is 0 Å². The molecule has 1 aliphatic rings. The quantitative estimate of drug-likeness (QED) is 0.833. The van der Waals surface area contributed by atoms with Gasteiger partial charge >= 0.3 is 0 Å². The van der Waals surface area contributed by atoms with Gasteiger partial charge in [-0.05, 0) is 43.5 Å². The summed E-state index contributed by atoms with van der Waals surface area (Å²) in [5.41, 5.74) is 7.44. The summed E-state index contributed by atoms with van der Waals surface area (Å²) in [7, 11) is 0. The molecule has 1 aromatic carbocycles. The average Bonchev–Trinajstić information content (AvgIpc) is 2.72. The van der Waals surface area contributed by atoms with Crippen LogP contribution in [0.25, 0.3) is 0 Å². The number of nitrogens with zero attached hydrogens (tertiary/aromatic N) is 1. The molecule has 1 aromatic rings. The molecule has 0 bridgehead atoms. The molecule has 0 radical (unpaired) electrons. The van der Waals surface area contributed by atoms with Crippen LogP contribution < -0.4 is 10.4 Å². The SMILES string of the molecule is CCC1=CC(CC)NN1c1cccc(C)c1. The molecule has 1 unspecified atom stereocenters. The van der Waals surface area contributed by atoms with Gasteiger partial charge in [-0.3, -0.25) is 5.01 Å². The van der Waals surface area contributed by atoms with E-state index in [9.17, 15) is 0 Å². The lowest BCUT2D eigenvalue weighted by Gasteiger charge is -2.23. The second-order valence-corrected chi connectivity index (χ2v) is 4.33. The zero-order valence-electron chi connectivity index (χ0n) is 10.3. The maximum Gasteiger partial charge on any atom is 0.0576 e. The zero-order chi connectivity index (χ0) is 11.5. The van der Waals surface area contributed by atoms with Crippen molar-refractivity contribution >= 4 is 5.69 Å². The molecule has 1 atom stereocenters. The van der Waals surface area contributed by atoms with Gasteiger partial charge in [-0.2, -0.15) is 0 Å². The highest BCUT2D eigenvalue weighted by Gasteiger charge is 2.21. The van der Waals surface area contributed by atoms with Crippen LogP contribution in [0.4, 0.5) is 5.69 Å². The van der Waals surface area contributed by atoms with E-state index in [1.165, 1.54) is 16.9 Å². The van der Waals surface area contributed by atoms with Gasteiger partial charge in [-0.15, -0.1) is 0 Å². The molecule has 16 heavy (non-hydrogen) atoms. The fourth-order valence-electron chi connectivity index (χ4n) is 2.09. The van der Waals surface area contributed by atoms with Crippen molar-refractivity contribution in [3.63, 3.8) is 0 Å². The van der Waals surface area contributed by atoms with Crippen LogP contribution in [-0.2, 0) is 0 Å². The molecule has 0 fully saturated rings. The molecular weight excluding hydrogens is 196 g/mol. The van der Waals surface area contributed by atoms with Crippen molar-refractivity contribution in [2.45, 2.75) is 39.7 Å². The van der Waals surface area contributed by atoms with E-state index in [2.05, 4.69) is 61.5 Å². The Bertz CT molecular complexity index is 395. The third-order valence-corrected chi connectivity index (χ3v) is 3.04. The predicted octanol–water partition coefficient (Wildman–Crippen LogP) is 3.39. The van der Waals surface area contributed by atoms with E-state index < -0.39 is 0 Å². The Kier molecular flexibility index (Phi) is 3.30. The number of rotatable bonds is 3. The lowest BCUT2D eigenvalue weighted by Crippen LogP contribution is -2.36. The summed E-state index contributed by atoms with van der Waals surface area (Å²) in [5, 5.41) is 2.22. The summed E-state index contributed by atoms with van der Waals surface area (Å²) >= 11 is 0. The Hall–Kier alpha value is -1.28. The summed E-state index contributed by atoms with van der Waals surface area (Å²) in [5.74, 6) is 0. The first-order chi connectivity index (χ1) is 7.74. The second-order valence-electron chi connectivity index (χ2n) is 4.33. The van der Waals surface area contributed by atoms with E-state index >= 15 is 0 Å². The van der Waals surface area contributed by atoms with Crippen molar-refractivity contribution in [3.8, 4) is 0 Å². The number of aryl methyl sites for hydroxylation is 1. The Morgan fingerprint density at radius 1 is 1.31 bits per heavy atom. The van der Waals surface area contributed by atoms with E-state index in [0.29, 0.717) is 6.04 Å². The highest BCUT2D eigenvalue weighted by atomic mass is 15.5. The van der Waals surface area contributed by atoms with Crippen LogP contribution in [0.1, 0.15) is 32.3 Å². The van der Waals surface area contributed by atoms with Gasteiger partial charge < -0.3 is 0 Å². The smallest absolute Gasteiger partial charge is 0.0576 e. The van der Waals surface area contributed by atoms with Gasteiger partial charge in [-0.1, -0.05) is 26.0 Å². The maximum absolute atomic E-state index is 3.53. The van der Waals surface area contributed by atoms with Crippen molar-refractivity contribution < 1.29 is 0 Å². The van der Waals surface area contributed by atoms with E-state index in [1.54, 1.807) is 0 Å². The minimum absolute atomic E-state index is 0.482. The first-order valence-corrected chi connectivity index (χ1v) is 6.08. The van der Waals surface area contributed by atoms with Gasteiger partial charge in [0.2, 0.25) is 0 Å². The van der Waals surface area contributed by atoms with E-state index in [4.69, 9.17) is 0 Å². The van der Waals surface area contributed by atoms with Gasteiger partial charge in [-0.25, -0.2) is 5.43 Å². The van der Waals surface area contributed by atoms with Crippen LogP contribution in [0, 0.1) is 6.92 Å². The molecule has 1 N–H and O–H groups in total. The summed E-state index contributed by atoms with van der Waals surface area (Å²) in [6.45, 7) is 6.54. The number of benzene rings is 1. The maximum atomic E-state index is 3.53. The summed E-state index contributed by atoms with van der Waals surface area (Å²) < 4.78 is 0. The Labute approximate surface area is 97.9 Å². The monoisotopic (exact) mass is 216 g/mol. The molecule has 2 rings (SSSR count). The Balaban J connectivity index is 2.25. The van der Waals surface area contributed by atoms with Crippen LogP contribution in [0.15, 0.2) is 36.0 Å². The van der Waals surface area contributed by atoms with Crippen molar-refractivity contribution in [2.24, 2.45) is 0 Å². The molecule has 1 heterocycles. The summed E-state index contributed by atoms with van der Waals surface area (Å²) in [6, 6.07) is 9.09. The molecule has 0 saturated heterocycles. The first kappa shape index (κ1) is 11.2. The normalized spacial score (nSPS) is 20.1. The highest BCUT2D eigenvalue weighted by Crippen LogP contribution is 2.25. The molecule has 1 aliphatic heterocycles. The number of nitrogens with one attached hydrogen (secondary N) is 1. The first-order valence-electron chi connectivity index (χ1n) is 6.08. The van der Waals surface area contributed by atoms with Gasteiger partial charge in [0.25, 0.3) is 0 Å². The van der Waals surface area contributed by atoms with Gasteiger partial charge in [0.05, 0.1) is 5.69 Å². The molecule has 86 valence electrons. The van der Waals surface area contributed by atoms with E-state index in [1.807, 2.05) is 0 Å². The minimum atomic E-state index is 0.482. The molecular formula is C14H20N2. The number of hydrogen-bond donors (Lipinski definition) is 1. The topological polar surface area (TPSA) is 15.3 Å². The minimum Gasteiger partial charge on any atom is -0.281 e. The van der Waals surface area contributed by atoms with Crippen LogP contribution in [-0.4, -0.2) is 6.04 Å². The highest BCUT2D eigenvalue weighted by molar-refractivity contribution is 5.54. The largest absolute Gasteiger partial charge is 0.281 e. The van der Waals surface area contributed by atoms with Crippen LogP contribution in [0.5, 0.6) is 0 Å². The number of hydrogen-bond acceptors (Lipinski definition) is 2. The van der Waals surface area contributed by atoms with Gasteiger partial charge in [0, 0.05) is 11.7 Å². The van der Waals surface area contributed by atoms with Gasteiger partial charge in [0.1, 0.15) is 0 Å². The molecule has 2 nitrogen and oxygen atoms in total. The summed E-state index contributed by atoms with van der Waals surface area (Å²) in [4.78, 5) is 0. The average molecular weight is 216 g/mol. The van der Waals surface area contributed by atoms with Crippen LogP contribution in [0.2, 0.25) is 0 Å². The molecule has 0 aromatic heterocycles. The number of allylic oxidation sites excluding steroid dienone is 1. The predicted molar refractivity (Wildman–Crippen MR) is 69.2 cm³/mol. The fourth-order valence-corrected chi connectivity index (χ4v) is 2.09. The number of anilines is 1. The van der Waals surface area contributed by atoms with Crippen LogP contribution >= 0.6 is 0 Å². The lowest BCUT2D eigenvalue weighted by atomic mass is 10.2. The third kappa shape index (κ3) is 2.12. The van der Waals surface area contributed by atoms with E-state index in [0.717, 1.165) is 12.8 Å². The van der Waals surface area contributed by atoms with Crippen molar-refractivity contribution in [1.82, 2.24) is 5.43 Å². The molecule has 0 saturated carbocycles. The number of hydrazine groups is 1. The summed E-state index contributed by atoms with van der Waals surface area (Å²) in [6.07, 6.45) is 4.53. The van der Waals surface area contributed by atoms with Crippen LogP contribution in [0.3, 0.4) is 0 Å². The standard InChI is InChI=1S/C14H20N2/c1-4-12-10-13(5-2)16(15-12)14-8-6-7-11(3)9-14/h6-10,12,15H,4-5H2,1-3H3. The molecule has 0 spiro atoms. The lowest BCUT2D eigenvalue weighted by molar-refractivity contribution is 0.612. The zero-order valence-corrected chi connectivity index (χ0v) is 10.3. The van der Waals surface area contributed by atoms with Crippen molar-refractivity contribution in [1.29, 1.82) is 0 Å². The fraction of sp³-hybridized carbons (Fsp3) is 0.429. The van der Waals surface area contributed by atoms with Gasteiger partial charge in [0.15, 0.2) is 0 Å². The second kappa shape index (κ2) is 4.71. The molecule has 0 aliphatic carbocycles. The molecule has 2 heteroatoms. The molecule has 0 amide bonds. The van der Waals surface area contributed by atoms with Crippen molar-refractivity contribution in [2.75, 3.05) is 5.01 Å². The Morgan fingerprint density at radius 2 is 2.12 bits per heavy atom.